The Bertz CT molecular complexity index is 483. The van der Waals surface area contributed by atoms with Crippen LogP contribution in [0.2, 0.25) is 0 Å². The van der Waals surface area contributed by atoms with Crippen LogP contribution in [-0.2, 0) is 11.2 Å². The molecule has 2 rings (SSSR count). The first-order valence-electron chi connectivity index (χ1n) is 10.3. The zero-order valence-electron chi connectivity index (χ0n) is 16.9. The highest BCUT2D eigenvalue weighted by Gasteiger charge is 2.17. The first kappa shape index (κ1) is 20.3. The lowest BCUT2D eigenvalue weighted by molar-refractivity contribution is -0.0164. The Labute approximate surface area is 155 Å². The predicted octanol–water partition coefficient (Wildman–Crippen LogP) is 6.42. The average molecular weight is 347 g/mol. The first-order valence-corrected chi connectivity index (χ1v) is 10.3. The van der Waals surface area contributed by atoms with E-state index in [4.69, 9.17) is 9.47 Å². The van der Waals surface area contributed by atoms with Gasteiger partial charge in [-0.2, -0.15) is 0 Å². The monoisotopic (exact) mass is 346 g/mol. The van der Waals surface area contributed by atoms with Gasteiger partial charge in [0.15, 0.2) is 0 Å². The molecule has 25 heavy (non-hydrogen) atoms. The molecule has 1 aliphatic rings. The molecular formula is C23H38O2. The second-order valence-corrected chi connectivity index (χ2v) is 8.80. The zero-order valence-corrected chi connectivity index (χ0v) is 16.9. The highest BCUT2D eigenvalue weighted by molar-refractivity contribution is 5.33. The summed E-state index contributed by atoms with van der Waals surface area (Å²) in [5, 5.41) is 0. The van der Waals surface area contributed by atoms with Crippen molar-refractivity contribution in [3.8, 4) is 5.75 Å². The van der Waals surface area contributed by atoms with Gasteiger partial charge >= 0.3 is 0 Å². The molecule has 1 atom stereocenters. The summed E-state index contributed by atoms with van der Waals surface area (Å²) in [5.74, 6) is 2.81. The molecule has 1 fully saturated rings. The van der Waals surface area contributed by atoms with Crippen molar-refractivity contribution in [2.24, 2.45) is 11.8 Å². The summed E-state index contributed by atoms with van der Waals surface area (Å²) in [6.07, 6.45) is 11.0. The summed E-state index contributed by atoms with van der Waals surface area (Å²) in [5.41, 5.74) is 1.24. The van der Waals surface area contributed by atoms with E-state index < -0.39 is 0 Å². The standard InChI is InChI=1S/C23H38O2/c1-19(18-20-10-6-5-7-11-20)14-15-21-12-8-9-13-22(21)24-16-17-25-23(2,3)4/h8-9,12-13,19-20H,5-7,10-11,14-18H2,1-4H3. The van der Waals surface area contributed by atoms with Crippen LogP contribution in [0.3, 0.4) is 0 Å². The third-order valence-corrected chi connectivity index (χ3v) is 5.22. The quantitative estimate of drug-likeness (QED) is 0.480. The van der Waals surface area contributed by atoms with E-state index in [2.05, 4.69) is 52.0 Å². The molecule has 1 saturated carbocycles. The number of hydrogen-bond acceptors (Lipinski definition) is 2. The fraction of sp³-hybridized carbons (Fsp3) is 0.739. The third kappa shape index (κ3) is 8.27. The molecule has 0 amide bonds. The van der Waals surface area contributed by atoms with Gasteiger partial charge in [-0.25, -0.2) is 0 Å². The van der Waals surface area contributed by atoms with Gasteiger partial charge in [0, 0.05) is 0 Å². The van der Waals surface area contributed by atoms with Crippen LogP contribution in [0.4, 0.5) is 0 Å². The summed E-state index contributed by atoms with van der Waals surface area (Å²) >= 11 is 0. The maximum Gasteiger partial charge on any atom is 0.122 e. The van der Waals surface area contributed by atoms with E-state index in [-0.39, 0.29) is 5.60 Å². The molecule has 0 spiro atoms. The van der Waals surface area contributed by atoms with E-state index in [1.54, 1.807) is 0 Å². The summed E-state index contributed by atoms with van der Waals surface area (Å²) in [7, 11) is 0. The Morgan fingerprint density at radius 3 is 2.48 bits per heavy atom. The van der Waals surface area contributed by atoms with Crippen molar-refractivity contribution >= 4 is 0 Å². The lowest BCUT2D eigenvalue weighted by Gasteiger charge is -2.24. The highest BCUT2D eigenvalue weighted by Crippen LogP contribution is 2.31. The Morgan fingerprint density at radius 1 is 1.04 bits per heavy atom. The summed E-state index contributed by atoms with van der Waals surface area (Å²) in [4.78, 5) is 0. The van der Waals surface area contributed by atoms with Crippen molar-refractivity contribution < 1.29 is 9.47 Å². The third-order valence-electron chi connectivity index (χ3n) is 5.22. The molecule has 0 aliphatic heterocycles. The van der Waals surface area contributed by atoms with E-state index in [0.717, 1.165) is 24.0 Å². The molecule has 2 nitrogen and oxygen atoms in total. The van der Waals surface area contributed by atoms with Gasteiger partial charge in [0.2, 0.25) is 0 Å². The van der Waals surface area contributed by atoms with Gasteiger partial charge in [-0.3, -0.25) is 0 Å². The fourth-order valence-corrected chi connectivity index (χ4v) is 3.86. The zero-order chi connectivity index (χ0) is 18.1. The van der Waals surface area contributed by atoms with Gasteiger partial charge in [0.25, 0.3) is 0 Å². The summed E-state index contributed by atoms with van der Waals surface area (Å²) < 4.78 is 11.7. The minimum atomic E-state index is -0.0998. The molecule has 0 N–H and O–H groups in total. The Morgan fingerprint density at radius 2 is 1.76 bits per heavy atom. The van der Waals surface area contributed by atoms with Crippen LogP contribution in [-0.4, -0.2) is 18.8 Å². The molecular weight excluding hydrogens is 308 g/mol. The number of benzene rings is 1. The highest BCUT2D eigenvalue weighted by atomic mass is 16.5. The van der Waals surface area contributed by atoms with Crippen LogP contribution in [0.25, 0.3) is 0 Å². The maximum atomic E-state index is 5.99. The van der Waals surface area contributed by atoms with Gasteiger partial charge < -0.3 is 9.47 Å². The van der Waals surface area contributed by atoms with E-state index in [1.807, 2.05) is 0 Å². The van der Waals surface area contributed by atoms with E-state index in [9.17, 15) is 0 Å². The number of hydrogen-bond donors (Lipinski definition) is 0. The lowest BCUT2D eigenvalue weighted by atomic mass is 9.82. The first-order chi connectivity index (χ1) is 11.9. The van der Waals surface area contributed by atoms with Crippen LogP contribution < -0.4 is 4.74 Å². The largest absolute Gasteiger partial charge is 0.491 e. The van der Waals surface area contributed by atoms with Gasteiger partial charge in [-0.15, -0.1) is 0 Å². The Balaban J connectivity index is 1.75. The lowest BCUT2D eigenvalue weighted by Crippen LogP contribution is -2.22. The van der Waals surface area contributed by atoms with E-state index in [0.29, 0.717) is 13.2 Å². The van der Waals surface area contributed by atoms with Gasteiger partial charge in [-0.1, -0.05) is 57.2 Å². The van der Waals surface area contributed by atoms with Crippen LogP contribution in [0.1, 0.15) is 78.2 Å². The molecule has 142 valence electrons. The fourth-order valence-electron chi connectivity index (χ4n) is 3.86. The van der Waals surface area contributed by atoms with Crippen molar-refractivity contribution in [2.45, 2.75) is 84.7 Å². The maximum absolute atomic E-state index is 5.99. The van der Waals surface area contributed by atoms with Gasteiger partial charge in [0.05, 0.1) is 12.2 Å². The molecule has 0 heterocycles. The molecule has 1 aliphatic carbocycles. The minimum Gasteiger partial charge on any atom is -0.491 e. The Hall–Kier alpha value is -1.02. The van der Waals surface area contributed by atoms with Crippen molar-refractivity contribution in [3.63, 3.8) is 0 Å². The molecule has 0 saturated heterocycles. The van der Waals surface area contributed by atoms with Crippen molar-refractivity contribution in [3.05, 3.63) is 29.8 Å². The topological polar surface area (TPSA) is 18.5 Å². The van der Waals surface area contributed by atoms with E-state index >= 15 is 0 Å². The second kappa shape index (κ2) is 10.2. The van der Waals surface area contributed by atoms with Crippen LogP contribution in [0.5, 0.6) is 5.75 Å². The van der Waals surface area contributed by atoms with Crippen molar-refractivity contribution in [1.82, 2.24) is 0 Å². The molecule has 1 aromatic rings. The number of rotatable bonds is 9. The predicted molar refractivity (Wildman–Crippen MR) is 106 cm³/mol. The molecule has 0 bridgehead atoms. The minimum absolute atomic E-state index is 0.0998. The molecule has 0 radical (unpaired) electrons. The van der Waals surface area contributed by atoms with Gasteiger partial charge in [0.1, 0.15) is 12.4 Å². The number of para-hydroxylation sites is 1. The molecule has 2 heteroatoms. The molecule has 0 aromatic heterocycles. The molecule has 1 aromatic carbocycles. The van der Waals surface area contributed by atoms with Crippen molar-refractivity contribution in [1.29, 1.82) is 0 Å². The van der Waals surface area contributed by atoms with Crippen LogP contribution in [0, 0.1) is 11.8 Å². The van der Waals surface area contributed by atoms with Crippen LogP contribution in [0.15, 0.2) is 24.3 Å². The van der Waals surface area contributed by atoms with Crippen molar-refractivity contribution in [2.75, 3.05) is 13.2 Å². The SMILES string of the molecule is CC(CCc1ccccc1OCCOC(C)(C)C)CC1CCCCC1. The summed E-state index contributed by atoms with van der Waals surface area (Å²) in [6.45, 7) is 9.91. The van der Waals surface area contributed by atoms with Crippen LogP contribution >= 0.6 is 0 Å². The average Bonchev–Trinajstić information content (AvgIpc) is 2.58. The smallest absolute Gasteiger partial charge is 0.122 e. The normalized spacial score (nSPS) is 17.4. The van der Waals surface area contributed by atoms with E-state index in [1.165, 1.54) is 50.5 Å². The number of ether oxygens (including phenoxy) is 2. The summed E-state index contributed by atoms with van der Waals surface area (Å²) in [6, 6.07) is 8.50. The Kier molecular flexibility index (Phi) is 8.29. The molecule has 1 unspecified atom stereocenters. The van der Waals surface area contributed by atoms with Gasteiger partial charge in [-0.05, 0) is 63.5 Å². The number of aryl methyl sites for hydroxylation is 1. The second-order valence-electron chi connectivity index (χ2n) is 8.80.